The van der Waals surface area contributed by atoms with E-state index in [2.05, 4.69) is 44.3 Å². The van der Waals surface area contributed by atoms with Crippen molar-refractivity contribution in [3.8, 4) is 5.75 Å². The quantitative estimate of drug-likeness (QED) is 0.879. The van der Waals surface area contributed by atoms with Gasteiger partial charge in [0.1, 0.15) is 11.9 Å². The van der Waals surface area contributed by atoms with Gasteiger partial charge in [0.2, 0.25) is 0 Å². The third-order valence-electron chi connectivity index (χ3n) is 3.63. The summed E-state index contributed by atoms with van der Waals surface area (Å²) in [5.74, 6) is 2.73. The number of hydrogen-bond donors (Lipinski definition) is 1. The van der Waals surface area contributed by atoms with E-state index in [0.29, 0.717) is 12.0 Å². The molecule has 0 saturated heterocycles. The third kappa shape index (κ3) is 3.01. The molecule has 2 rings (SSSR count). The van der Waals surface area contributed by atoms with E-state index in [0.717, 1.165) is 18.0 Å². The van der Waals surface area contributed by atoms with Crippen LogP contribution in [0.1, 0.15) is 27.2 Å². The summed E-state index contributed by atoms with van der Waals surface area (Å²) in [6, 6.07) is 8.79. The molecule has 0 amide bonds. The Morgan fingerprint density at radius 1 is 1.39 bits per heavy atom. The first-order valence-corrected chi connectivity index (χ1v) is 7.86. The third-order valence-corrected chi connectivity index (χ3v) is 4.77. The normalized spacial score (nSPS) is 21.8. The number of likely N-dealkylation sites (N-methyl/N-ethyl adjacent to an activating group) is 1. The number of benzene rings is 1. The molecule has 0 bridgehead atoms. The first-order valence-electron chi connectivity index (χ1n) is 6.88. The van der Waals surface area contributed by atoms with Crippen molar-refractivity contribution in [2.45, 2.75) is 44.2 Å². The topological polar surface area (TPSA) is 21.3 Å². The molecule has 18 heavy (non-hydrogen) atoms. The van der Waals surface area contributed by atoms with Gasteiger partial charge in [-0.2, -0.15) is 0 Å². The molecule has 3 atom stereocenters. The number of nitrogens with one attached hydrogen (secondary N) is 1. The van der Waals surface area contributed by atoms with Crippen LogP contribution in [0.2, 0.25) is 0 Å². The maximum atomic E-state index is 6.19. The van der Waals surface area contributed by atoms with Gasteiger partial charge in [0.15, 0.2) is 0 Å². The largest absolute Gasteiger partial charge is 0.487 e. The summed E-state index contributed by atoms with van der Waals surface area (Å²) in [6.45, 7) is 7.72. The molecule has 1 aliphatic rings. The van der Waals surface area contributed by atoms with Crippen molar-refractivity contribution in [2.75, 3.05) is 12.3 Å². The maximum absolute atomic E-state index is 6.19. The Kier molecular flexibility index (Phi) is 4.95. The molecule has 0 radical (unpaired) electrons. The highest BCUT2D eigenvalue weighted by Crippen LogP contribution is 2.36. The molecule has 1 aromatic rings. The Hall–Kier alpha value is -0.670. The lowest BCUT2D eigenvalue weighted by Crippen LogP contribution is -2.49. The van der Waals surface area contributed by atoms with Crippen LogP contribution >= 0.6 is 11.8 Å². The average Bonchev–Trinajstić information content (AvgIpc) is 2.43. The van der Waals surface area contributed by atoms with Crippen LogP contribution in [0.4, 0.5) is 0 Å². The number of rotatable bonds is 5. The Morgan fingerprint density at radius 3 is 2.89 bits per heavy atom. The van der Waals surface area contributed by atoms with Gasteiger partial charge in [0, 0.05) is 16.7 Å². The number of fused-ring (bicyclic) bond motifs is 1. The predicted molar refractivity (Wildman–Crippen MR) is 78.5 cm³/mol. The first kappa shape index (κ1) is 13.8. The zero-order valence-electron chi connectivity index (χ0n) is 11.5. The van der Waals surface area contributed by atoms with Gasteiger partial charge in [-0.15, -0.1) is 11.8 Å². The number of hydrogen-bond acceptors (Lipinski definition) is 3. The minimum absolute atomic E-state index is 0.278. The Balaban J connectivity index is 2.10. The Morgan fingerprint density at radius 2 is 2.17 bits per heavy atom. The SMILES string of the molecule is CCNC(C(C)CC)C1CSc2ccccc2O1. The fraction of sp³-hybridized carbons (Fsp3) is 0.600. The van der Waals surface area contributed by atoms with Crippen molar-refractivity contribution in [2.24, 2.45) is 5.92 Å². The molecule has 3 heteroatoms. The minimum atomic E-state index is 0.278. The van der Waals surface area contributed by atoms with Gasteiger partial charge in [-0.25, -0.2) is 0 Å². The molecule has 0 spiro atoms. The summed E-state index contributed by atoms with van der Waals surface area (Å²) >= 11 is 1.91. The van der Waals surface area contributed by atoms with Gasteiger partial charge in [-0.3, -0.25) is 0 Å². The van der Waals surface area contributed by atoms with Gasteiger partial charge >= 0.3 is 0 Å². The Bertz CT molecular complexity index is 383. The Labute approximate surface area is 114 Å². The van der Waals surface area contributed by atoms with Crippen molar-refractivity contribution < 1.29 is 4.74 Å². The highest BCUT2D eigenvalue weighted by atomic mass is 32.2. The predicted octanol–water partition coefficient (Wildman–Crippen LogP) is 3.56. The molecule has 1 heterocycles. The van der Waals surface area contributed by atoms with Crippen molar-refractivity contribution >= 4 is 11.8 Å². The molecule has 2 nitrogen and oxygen atoms in total. The molecule has 0 fully saturated rings. The second-order valence-corrected chi connectivity index (χ2v) is 5.94. The fourth-order valence-electron chi connectivity index (χ4n) is 2.40. The second-order valence-electron chi connectivity index (χ2n) is 4.88. The van der Waals surface area contributed by atoms with Crippen LogP contribution in [0.15, 0.2) is 29.2 Å². The minimum Gasteiger partial charge on any atom is -0.487 e. The lowest BCUT2D eigenvalue weighted by Gasteiger charge is -2.35. The molecule has 3 unspecified atom stereocenters. The van der Waals surface area contributed by atoms with Crippen LogP contribution in [0.3, 0.4) is 0 Å². The summed E-state index contributed by atoms with van der Waals surface area (Å²) < 4.78 is 6.19. The maximum Gasteiger partial charge on any atom is 0.133 e. The monoisotopic (exact) mass is 265 g/mol. The number of thioether (sulfide) groups is 1. The summed E-state index contributed by atoms with van der Waals surface area (Å²) in [5.41, 5.74) is 0. The molecule has 1 N–H and O–H groups in total. The molecular weight excluding hydrogens is 242 g/mol. The lowest BCUT2D eigenvalue weighted by atomic mass is 9.94. The number of ether oxygens (including phenoxy) is 1. The van der Waals surface area contributed by atoms with Gasteiger partial charge in [-0.05, 0) is 24.6 Å². The molecule has 0 saturated carbocycles. The van der Waals surface area contributed by atoms with Gasteiger partial charge < -0.3 is 10.1 Å². The van der Waals surface area contributed by atoms with E-state index in [-0.39, 0.29) is 6.10 Å². The zero-order valence-corrected chi connectivity index (χ0v) is 12.3. The smallest absolute Gasteiger partial charge is 0.133 e. The van der Waals surface area contributed by atoms with E-state index in [1.54, 1.807) is 0 Å². The molecule has 0 aromatic heterocycles. The van der Waals surface area contributed by atoms with Crippen LogP contribution in [0, 0.1) is 5.92 Å². The highest BCUT2D eigenvalue weighted by molar-refractivity contribution is 7.99. The van der Waals surface area contributed by atoms with E-state index in [1.165, 1.54) is 11.3 Å². The van der Waals surface area contributed by atoms with Crippen molar-refractivity contribution in [3.05, 3.63) is 24.3 Å². The lowest BCUT2D eigenvalue weighted by molar-refractivity contribution is 0.136. The first-order chi connectivity index (χ1) is 8.76. The van der Waals surface area contributed by atoms with Crippen molar-refractivity contribution in [1.82, 2.24) is 5.32 Å². The van der Waals surface area contributed by atoms with E-state index in [4.69, 9.17) is 4.74 Å². The highest BCUT2D eigenvalue weighted by Gasteiger charge is 2.30. The van der Waals surface area contributed by atoms with E-state index >= 15 is 0 Å². The molecular formula is C15H23NOS. The standard InChI is InChI=1S/C15H23NOS/c1-4-11(3)15(16-5-2)13-10-18-14-9-7-6-8-12(14)17-13/h6-9,11,13,15-16H,4-5,10H2,1-3H3. The van der Waals surface area contributed by atoms with E-state index in [9.17, 15) is 0 Å². The van der Waals surface area contributed by atoms with Crippen LogP contribution in [0.25, 0.3) is 0 Å². The number of para-hydroxylation sites is 1. The van der Waals surface area contributed by atoms with Crippen LogP contribution < -0.4 is 10.1 Å². The average molecular weight is 265 g/mol. The second kappa shape index (κ2) is 6.48. The summed E-state index contributed by atoms with van der Waals surface area (Å²) in [7, 11) is 0. The van der Waals surface area contributed by atoms with Crippen molar-refractivity contribution in [3.63, 3.8) is 0 Å². The molecule has 0 aliphatic carbocycles. The van der Waals surface area contributed by atoms with Crippen molar-refractivity contribution in [1.29, 1.82) is 0 Å². The van der Waals surface area contributed by atoms with Gasteiger partial charge in [0.05, 0.1) is 0 Å². The van der Waals surface area contributed by atoms with Gasteiger partial charge in [-0.1, -0.05) is 39.3 Å². The van der Waals surface area contributed by atoms with Crippen LogP contribution in [-0.2, 0) is 0 Å². The van der Waals surface area contributed by atoms with E-state index < -0.39 is 0 Å². The molecule has 100 valence electrons. The van der Waals surface area contributed by atoms with Gasteiger partial charge in [0.25, 0.3) is 0 Å². The zero-order chi connectivity index (χ0) is 13.0. The fourth-order valence-corrected chi connectivity index (χ4v) is 3.45. The summed E-state index contributed by atoms with van der Waals surface area (Å²) in [6.07, 6.45) is 1.46. The summed E-state index contributed by atoms with van der Waals surface area (Å²) in [4.78, 5) is 1.27. The van der Waals surface area contributed by atoms with Crippen LogP contribution in [0.5, 0.6) is 5.75 Å². The molecule has 1 aromatic carbocycles. The van der Waals surface area contributed by atoms with Crippen LogP contribution in [-0.4, -0.2) is 24.4 Å². The van der Waals surface area contributed by atoms with E-state index in [1.807, 2.05) is 17.8 Å². The molecule has 1 aliphatic heterocycles. The summed E-state index contributed by atoms with van der Waals surface area (Å²) in [5, 5.41) is 3.60.